The van der Waals surface area contributed by atoms with Crippen LogP contribution in [-0.2, 0) is 6.42 Å². The Morgan fingerprint density at radius 2 is 2.26 bits per heavy atom. The van der Waals surface area contributed by atoms with Gasteiger partial charge in [-0.05, 0) is 60.2 Å². The molecule has 0 spiro atoms. The SMILES string of the molecule is N=Cc1cc(NC(=O)NCCc2ccccn2)cc(-c2cc3c(s2)C=CC2CC32)c1N.[HH].[HH].[HH]. The van der Waals surface area contributed by atoms with E-state index in [1.165, 1.54) is 23.1 Å². The van der Waals surface area contributed by atoms with E-state index in [4.69, 9.17) is 11.1 Å². The number of urea groups is 1. The average molecular weight is 436 g/mol. The number of carbonyl (C=O) groups is 1. The molecule has 0 saturated heterocycles. The third kappa shape index (κ3) is 3.96. The van der Waals surface area contributed by atoms with Gasteiger partial charge in [0.1, 0.15) is 0 Å². The van der Waals surface area contributed by atoms with Gasteiger partial charge in [-0.1, -0.05) is 12.1 Å². The zero-order chi connectivity index (χ0) is 21.4. The molecule has 2 aromatic heterocycles. The van der Waals surface area contributed by atoms with Gasteiger partial charge >= 0.3 is 6.03 Å². The molecule has 31 heavy (non-hydrogen) atoms. The number of pyridine rings is 1. The van der Waals surface area contributed by atoms with Crippen LogP contribution in [0.2, 0.25) is 0 Å². The van der Waals surface area contributed by atoms with Gasteiger partial charge in [-0.3, -0.25) is 4.98 Å². The second-order valence-electron chi connectivity index (χ2n) is 7.92. The molecule has 2 aliphatic rings. The van der Waals surface area contributed by atoms with Crippen LogP contribution in [0.25, 0.3) is 16.5 Å². The first kappa shape index (κ1) is 19.5. The summed E-state index contributed by atoms with van der Waals surface area (Å²) in [7, 11) is 0. The molecule has 0 bridgehead atoms. The van der Waals surface area contributed by atoms with Crippen molar-refractivity contribution < 1.29 is 9.07 Å². The van der Waals surface area contributed by atoms with E-state index in [1.54, 1.807) is 23.6 Å². The predicted molar refractivity (Wildman–Crippen MR) is 133 cm³/mol. The molecular weight excluding hydrogens is 406 g/mol. The molecule has 3 aromatic rings. The van der Waals surface area contributed by atoms with E-state index >= 15 is 0 Å². The van der Waals surface area contributed by atoms with Gasteiger partial charge in [0.05, 0.1) is 0 Å². The highest BCUT2D eigenvalue weighted by Crippen LogP contribution is 2.55. The highest BCUT2D eigenvalue weighted by Gasteiger charge is 2.40. The molecule has 1 aromatic carbocycles. The van der Waals surface area contributed by atoms with Crippen LogP contribution in [-0.4, -0.2) is 23.8 Å². The predicted octanol–water partition coefficient (Wildman–Crippen LogP) is 5.62. The fraction of sp³-hybridized carbons (Fsp3) is 0.208. The molecule has 0 aliphatic heterocycles. The van der Waals surface area contributed by atoms with Crippen LogP contribution < -0.4 is 16.4 Å². The van der Waals surface area contributed by atoms with Gasteiger partial charge in [-0.25, -0.2) is 4.79 Å². The Balaban J connectivity index is 0.00000136. The Labute approximate surface area is 189 Å². The molecule has 162 valence electrons. The first-order valence-electron chi connectivity index (χ1n) is 10.3. The van der Waals surface area contributed by atoms with E-state index in [1.807, 2.05) is 24.3 Å². The number of benzene rings is 1. The molecule has 2 heterocycles. The van der Waals surface area contributed by atoms with Crippen molar-refractivity contribution in [3.8, 4) is 10.4 Å². The summed E-state index contributed by atoms with van der Waals surface area (Å²) in [5.41, 5.74) is 11.3. The number of aromatic nitrogens is 1. The zero-order valence-electron chi connectivity index (χ0n) is 16.9. The summed E-state index contributed by atoms with van der Waals surface area (Å²) in [5.74, 6) is 1.33. The van der Waals surface area contributed by atoms with Crippen molar-refractivity contribution in [2.24, 2.45) is 5.92 Å². The van der Waals surface area contributed by atoms with Gasteiger partial charge in [0.15, 0.2) is 0 Å². The van der Waals surface area contributed by atoms with E-state index in [9.17, 15) is 4.79 Å². The number of nitrogens with zero attached hydrogens (tertiary/aromatic N) is 1. The Bertz CT molecular complexity index is 1200. The number of anilines is 2. The highest BCUT2D eigenvalue weighted by molar-refractivity contribution is 7.16. The minimum absolute atomic E-state index is 0. The number of carbonyl (C=O) groups excluding carboxylic acids is 1. The van der Waals surface area contributed by atoms with E-state index in [-0.39, 0.29) is 10.3 Å². The molecule has 6 nitrogen and oxygen atoms in total. The molecule has 7 heteroatoms. The smallest absolute Gasteiger partial charge is 0.319 e. The lowest BCUT2D eigenvalue weighted by molar-refractivity contribution is 0.252. The standard InChI is InChI=1S/C24H23N5OS.3H2/c25-13-15-9-17(29-24(30)28-8-6-16-3-1-2-7-27-16)11-20(23(15)26)22-12-19-18-10-14(18)4-5-21(19)31-22;;;/h1-5,7,9,11-14,18,25H,6,8,10,26H2,(H2,28,29,30);3*1H. The monoisotopic (exact) mass is 435 g/mol. The number of hydrogen-bond acceptors (Lipinski definition) is 5. The summed E-state index contributed by atoms with van der Waals surface area (Å²) < 4.78 is 0. The number of amides is 2. The number of fused-ring (bicyclic) bond motifs is 3. The first-order valence-corrected chi connectivity index (χ1v) is 11.1. The van der Waals surface area contributed by atoms with Gasteiger partial charge in [0.25, 0.3) is 0 Å². The van der Waals surface area contributed by atoms with Crippen molar-refractivity contribution in [3.05, 3.63) is 70.4 Å². The highest BCUT2D eigenvalue weighted by atomic mass is 32.1. The van der Waals surface area contributed by atoms with Gasteiger partial charge in [-0.15, -0.1) is 11.3 Å². The van der Waals surface area contributed by atoms with Crippen LogP contribution in [0.4, 0.5) is 16.2 Å². The number of hydrogen-bond donors (Lipinski definition) is 4. The van der Waals surface area contributed by atoms with E-state index in [0.717, 1.165) is 16.1 Å². The van der Waals surface area contributed by atoms with Gasteiger partial charge in [-0.2, -0.15) is 0 Å². The molecule has 0 radical (unpaired) electrons. The number of nitrogens with one attached hydrogen (secondary N) is 3. The van der Waals surface area contributed by atoms with Crippen LogP contribution in [0.1, 0.15) is 38.3 Å². The van der Waals surface area contributed by atoms with Crippen molar-refractivity contribution in [2.75, 3.05) is 17.6 Å². The van der Waals surface area contributed by atoms with Crippen molar-refractivity contribution in [1.82, 2.24) is 10.3 Å². The number of thiophene rings is 1. The van der Waals surface area contributed by atoms with Crippen molar-refractivity contribution in [3.63, 3.8) is 0 Å². The van der Waals surface area contributed by atoms with Crippen LogP contribution in [0, 0.1) is 11.3 Å². The molecule has 2 unspecified atom stereocenters. The Hall–Kier alpha value is -3.45. The molecule has 2 amide bonds. The maximum Gasteiger partial charge on any atom is 0.319 e. The number of nitrogen functional groups attached to an aromatic ring is 1. The van der Waals surface area contributed by atoms with Gasteiger partial charge < -0.3 is 21.8 Å². The minimum Gasteiger partial charge on any atom is -0.398 e. The lowest BCUT2D eigenvalue weighted by Gasteiger charge is -2.13. The molecule has 1 fully saturated rings. The summed E-state index contributed by atoms with van der Waals surface area (Å²) in [6.07, 6.45) is 9.36. The van der Waals surface area contributed by atoms with Crippen molar-refractivity contribution in [2.45, 2.75) is 18.8 Å². The summed E-state index contributed by atoms with van der Waals surface area (Å²) in [6, 6.07) is 11.3. The van der Waals surface area contributed by atoms with E-state index < -0.39 is 0 Å². The molecule has 1 saturated carbocycles. The minimum atomic E-state index is -0.295. The Morgan fingerprint density at radius 1 is 1.35 bits per heavy atom. The van der Waals surface area contributed by atoms with Crippen LogP contribution in [0.5, 0.6) is 0 Å². The largest absolute Gasteiger partial charge is 0.398 e. The topological polar surface area (TPSA) is 104 Å². The normalized spacial score (nSPS) is 18.1. The number of allylic oxidation sites excluding steroid dienone is 1. The van der Waals surface area contributed by atoms with Crippen LogP contribution in [0.15, 0.2) is 48.7 Å². The maximum absolute atomic E-state index is 12.4. The third-order valence-corrected chi connectivity index (χ3v) is 6.96. The molecule has 2 aliphatic carbocycles. The quantitative estimate of drug-likeness (QED) is 0.298. The van der Waals surface area contributed by atoms with Crippen LogP contribution >= 0.6 is 11.3 Å². The van der Waals surface area contributed by atoms with Gasteiger partial charge in [0, 0.05) is 67.6 Å². The van der Waals surface area contributed by atoms with E-state index in [2.05, 4.69) is 33.8 Å². The fourth-order valence-corrected chi connectivity index (χ4v) is 5.24. The summed E-state index contributed by atoms with van der Waals surface area (Å²) in [4.78, 5) is 19.0. The lowest BCUT2D eigenvalue weighted by Crippen LogP contribution is -2.30. The molecule has 5 rings (SSSR count). The summed E-state index contributed by atoms with van der Waals surface area (Å²) in [6.45, 7) is 0.481. The van der Waals surface area contributed by atoms with Crippen molar-refractivity contribution >= 4 is 41.0 Å². The first-order chi connectivity index (χ1) is 15.1. The number of rotatable bonds is 6. The summed E-state index contributed by atoms with van der Waals surface area (Å²) >= 11 is 1.71. The Kier molecular flexibility index (Phi) is 5.03. The molecule has 5 N–H and O–H groups in total. The van der Waals surface area contributed by atoms with Gasteiger partial charge in [0.2, 0.25) is 0 Å². The zero-order valence-corrected chi connectivity index (χ0v) is 17.7. The second kappa shape index (κ2) is 8.00. The van der Waals surface area contributed by atoms with E-state index in [0.29, 0.717) is 41.7 Å². The maximum atomic E-state index is 12.4. The lowest BCUT2D eigenvalue weighted by atomic mass is 10.0. The molecular formula is C24H29N5OS. The second-order valence-corrected chi connectivity index (χ2v) is 9.00. The number of nitrogens with two attached hydrogens (primary N) is 1. The molecule has 2 atom stereocenters. The third-order valence-electron chi connectivity index (χ3n) is 5.81. The summed E-state index contributed by atoms with van der Waals surface area (Å²) in [5, 5.41) is 13.5. The average Bonchev–Trinajstić information content (AvgIpc) is 3.45. The Morgan fingerprint density at radius 3 is 3.06 bits per heavy atom. The van der Waals surface area contributed by atoms with Crippen LogP contribution in [0.3, 0.4) is 0 Å². The fourth-order valence-electron chi connectivity index (χ4n) is 4.06. The van der Waals surface area contributed by atoms with Crippen molar-refractivity contribution in [1.29, 1.82) is 5.41 Å².